The van der Waals surface area contributed by atoms with Crippen LogP contribution in [0.4, 0.5) is 0 Å². The molecule has 2 aliphatic rings. The third kappa shape index (κ3) is 4.70. The van der Waals surface area contributed by atoms with Gasteiger partial charge in [-0.05, 0) is 53.6 Å². The third-order valence-electron chi connectivity index (χ3n) is 5.54. The number of nitrogens with zero attached hydrogens (tertiary/aromatic N) is 1. The minimum Gasteiger partial charge on any atom is -0.497 e. The smallest absolute Gasteiger partial charge is 0.177 e. The van der Waals surface area contributed by atoms with E-state index in [-0.39, 0.29) is 12.3 Å². The molecule has 32 heavy (non-hydrogen) atoms. The molecule has 1 saturated heterocycles. The summed E-state index contributed by atoms with van der Waals surface area (Å²) in [7, 11) is 1.66. The van der Waals surface area contributed by atoms with Crippen LogP contribution in [0.15, 0.2) is 54.7 Å². The van der Waals surface area contributed by atoms with Crippen LogP contribution in [0.1, 0.15) is 11.1 Å². The molecule has 0 bridgehead atoms. The first kappa shape index (κ1) is 20.8. The van der Waals surface area contributed by atoms with Gasteiger partial charge in [-0.3, -0.25) is 4.98 Å². The van der Waals surface area contributed by atoms with Crippen molar-refractivity contribution in [3.05, 3.63) is 65.9 Å². The van der Waals surface area contributed by atoms with E-state index < -0.39 is 0 Å². The highest BCUT2D eigenvalue weighted by atomic mass is 16.7. The molecular weight excluding hydrogens is 408 g/mol. The molecule has 0 amide bonds. The van der Waals surface area contributed by atoms with E-state index in [1.165, 1.54) is 0 Å². The molecule has 0 atom stereocenters. The molecule has 0 aliphatic carbocycles. The van der Waals surface area contributed by atoms with Gasteiger partial charge in [0.2, 0.25) is 0 Å². The molecule has 0 radical (unpaired) electrons. The van der Waals surface area contributed by atoms with Crippen LogP contribution in [-0.4, -0.2) is 50.9 Å². The molecule has 2 aliphatic heterocycles. The summed E-state index contributed by atoms with van der Waals surface area (Å²) in [5.74, 6) is 2.41. The molecule has 1 aromatic heterocycles. The van der Waals surface area contributed by atoms with Crippen molar-refractivity contribution >= 4 is 17.0 Å². The van der Waals surface area contributed by atoms with Gasteiger partial charge in [0, 0.05) is 18.1 Å². The Bertz CT molecular complexity index is 1110. The number of rotatable bonds is 6. The van der Waals surface area contributed by atoms with Gasteiger partial charge in [-0.25, -0.2) is 0 Å². The van der Waals surface area contributed by atoms with E-state index in [1.807, 2.05) is 54.6 Å². The normalized spacial score (nSPS) is 20.5. The number of nitrogens with one attached hydrogen (secondary N) is 1. The summed E-state index contributed by atoms with van der Waals surface area (Å²) in [4.78, 5) is 4.42. The summed E-state index contributed by atoms with van der Waals surface area (Å²) in [5, 5.41) is 4.51. The van der Waals surface area contributed by atoms with Crippen molar-refractivity contribution in [3.63, 3.8) is 0 Å². The van der Waals surface area contributed by atoms with Gasteiger partial charge in [0.1, 0.15) is 19.0 Å². The minimum absolute atomic E-state index is 0.124. The maximum atomic E-state index is 5.89. The van der Waals surface area contributed by atoms with E-state index in [2.05, 4.69) is 10.3 Å². The number of fused-ring (bicyclic) bond motifs is 2. The van der Waals surface area contributed by atoms with Gasteiger partial charge in [-0.15, -0.1) is 0 Å². The SMILES string of the molecule is COc1ccc2nccc(C=CC3OCC(NCc4ccc5c(c4)OCCO5)CO3)c2c1. The summed E-state index contributed by atoms with van der Waals surface area (Å²) in [6.45, 7) is 3.04. The Balaban J connectivity index is 1.15. The van der Waals surface area contributed by atoms with E-state index in [0.717, 1.165) is 39.3 Å². The van der Waals surface area contributed by atoms with Crippen LogP contribution in [-0.2, 0) is 16.0 Å². The average Bonchev–Trinajstić information content (AvgIpc) is 2.86. The maximum Gasteiger partial charge on any atom is 0.177 e. The lowest BCUT2D eigenvalue weighted by Gasteiger charge is -2.28. The van der Waals surface area contributed by atoms with Gasteiger partial charge >= 0.3 is 0 Å². The fourth-order valence-corrected chi connectivity index (χ4v) is 3.81. The first-order valence-corrected chi connectivity index (χ1v) is 10.7. The molecule has 3 aromatic rings. The van der Waals surface area contributed by atoms with E-state index >= 15 is 0 Å². The van der Waals surface area contributed by atoms with E-state index in [9.17, 15) is 0 Å². The van der Waals surface area contributed by atoms with Crippen LogP contribution in [0.5, 0.6) is 17.2 Å². The van der Waals surface area contributed by atoms with Crippen molar-refractivity contribution in [1.29, 1.82) is 0 Å². The number of benzene rings is 2. The average molecular weight is 434 g/mol. The van der Waals surface area contributed by atoms with E-state index in [4.69, 9.17) is 23.7 Å². The fraction of sp³-hybridized carbons (Fsp3) is 0.320. The lowest BCUT2D eigenvalue weighted by Crippen LogP contribution is -2.43. The zero-order valence-corrected chi connectivity index (χ0v) is 18.0. The number of aromatic nitrogens is 1. The number of hydrogen-bond acceptors (Lipinski definition) is 7. The molecule has 0 unspecified atom stereocenters. The van der Waals surface area contributed by atoms with Gasteiger partial charge in [-0.2, -0.15) is 0 Å². The second-order valence-electron chi connectivity index (χ2n) is 7.73. The third-order valence-corrected chi connectivity index (χ3v) is 5.54. The maximum absolute atomic E-state index is 5.89. The molecule has 0 saturated carbocycles. The van der Waals surface area contributed by atoms with Crippen molar-refractivity contribution in [2.24, 2.45) is 0 Å². The zero-order chi connectivity index (χ0) is 21.8. The first-order chi connectivity index (χ1) is 15.8. The molecular formula is C25H26N2O5. The number of ether oxygens (including phenoxy) is 5. The van der Waals surface area contributed by atoms with Gasteiger partial charge < -0.3 is 29.0 Å². The van der Waals surface area contributed by atoms with E-state index in [0.29, 0.717) is 33.0 Å². The predicted molar refractivity (Wildman–Crippen MR) is 121 cm³/mol. The summed E-state index contributed by atoms with van der Waals surface area (Å²) < 4.78 is 28.4. The standard InChI is InChI=1S/C25H26N2O5/c1-28-20-4-5-22-21(13-20)18(8-9-26-22)3-7-25-31-15-19(16-32-25)27-14-17-2-6-23-24(12-17)30-11-10-29-23/h2-9,12-13,19,25,27H,10-11,14-16H2,1H3. The van der Waals surface area contributed by atoms with Crippen LogP contribution in [0.2, 0.25) is 0 Å². The highest BCUT2D eigenvalue weighted by molar-refractivity contribution is 5.88. The lowest BCUT2D eigenvalue weighted by molar-refractivity contribution is -0.162. The van der Waals surface area contributed by atoms with Crippen LogP contribution in [0, 0.1) is 0 Å². The second kappa shape index (κ2) is 9.56. The molecule has 2 aromatic carbocycles. The quantitative estimate of drug-likeness (QED) is 0.636. The van der Waals surface area contributed by atoms with Crippen LogP contribution >= 0.6 is 0 Å². The monoisotopic (exact) mass is 434 g/mol. The van der Waals surface area contributed by atoms with Crippen LogP contribution in [0.25, 0.3) is 17.0 Å². The lowest BCUT2D eigenvalue weighted by atomic mass is 10.1. The van der Waals surface area contributed by atoms with Crippen LogP contribution < -0.4 is 19.5 Å². The fourth-order valence-electron chi connectivity index (χ4n) is 3.81. The number of hydrogen-bond donors (Lipinski definition) is 1. The Morgan fingerprint density at radius 3 is 2.72 bits per heavy atom. The van der Waals surface area contributed by atoms with Crippen molar-refractivity contribution in [3.8, 4) is 17.2 Å². The highest BCUT2D eigenvalue weighted by Crippen LogP contribution is 2.30. The molecule has 1 N–H and O–H groups in total. The second-order valence-corrected chi connectivity index (χ2v) is 7.73. The Hall–Kier alpha value is -3.13. The molecule has 1 fully saturated rings. The number of methoxy groups -OCH3 is 1. The Labute approximate surface area is 186 Å². The molecule has 7 nitrogen and oxygen atoms in total. The topological polar surface area (TPSA) is 71.1 Å². The van der Waals surface area contributed by atoms with Crippen molar-refractivity contribution in [2.45, 2.75) is 18.9 Å². The molecule has 5 rings (SSSR count). The number of pyridine rings is 1. The molecule has 7 heteroatoms. The molecule has 3 heterocycles. The van der Waals surface area contributed by atoms with Gasteiger partial charge in [-0.1, -0.05) is 12.1 Å². The van der Waals surface area contributed by atoms with Crippen molar-refractivity contribution < 1.29 is 23.7 Å². The minimum atomic E-state index is -0.379. The Morgan fingerprint density at radius 1 is 1.03 bits per heavy atom. The van der Waals surface area contributed by atoms with Crippen molar-refractivity contribution in [2.75, 3.05) is 33.5 Å². The first-order valence-electron chi connectivity index (χ1n) is 10.7. The molecule has 0 spiro atoms. The van der Waals surface area contributed by atoms with Gasteiger partial charge in [0.25, 0.3) is 0 Å². The van der Waals surface area contributed by atoms with Crippen molar-refractivity contribution in [1.82, 2.24) is 10.3 Å². The summed E-state index contributed by atoms with van der Waals surface area (Å²) >= 11 is 0. The highest BCUT2D eigenvalue weighted by Gasteiger charge is 2.20. The van der Waals surface area contributed by atoms with Gasteiger partial charge in [0.05, 0.1) is 31.9 Å². The summed E-state index contributed by atoms with van der Waals surface area (Å²) in [5.41, 5.74) is 3.10. The van der Waals surface area contributed by atoms with Gasteiger partial charge in [0.15, 0.2) is 17.8 Å². The van der Waals surface area contributed by atoms with E-state index in [1.54, 1.807) is 13.3 Å². The zero-order valence-electron chi connectivity index (χ0n) is 18.0. The molecule has 166 valence electrons. The Kier molecular flexibility index (Phi) is 6.20. The predicted octanol–water partition coefficient (Wildman–Crippen LogP) is 3.56. The van der Waals surface area contributed by atoms with Crippen LogP contribution in [0.3, 0.4) is 0 Å². The summed E-state index contributed by atoms with van der Waals surface area (Å²) in [6, 6.07) is 14.0. The summed E-state index contributed by atoms with van der Waals surface area (Å²) in [6.07, 6.45) is 5.37. The largest absolute Gasteiger partial charge is 0.497 e. The Morgan fingerprint density at radius 2 is 1.88 bits per heavy atom.